The molecule has 1 aliphatic heterocycles. The fourth-order valence-corrected chi connectivity index (χ4v) is 3.30. The summed E-state index contributed by atoms with van der Waals surface area (Å²) in [6, 6.07) is 1.35. The van der Waals surface area contributed by atoms with Crippen LogP contribution in [0.5, 0.6) is 5.75 Å². The fourth-order valence-electron chi connectivity index (χ4n) is 3.30. The van der Waals surface area contributed by atoms with Gasteiger partial charge in [-0.25, -0.2) is 13.2 Å². The van der Waals surface area contributed by atoms with E-state index >= 15 is 0 Å². The van der Waals surface area contributed by atoms with Crippen molar-refractivity contribution in [3.05, 3.63) is 29.6 Å². The van der Waals surface area contributed by atoms with Crippen LogP contribution in [0.4, 0.5) is 13.2 Å². The molecule has 1 aromatic carbocycles. The summed E-state index contributed by atoms with van der Waals surface area (Å²) >= 11 is 0. The number of rotatable bonds is 3. The van der Waals surface area contributed by atoms with E-state index in [2.05, 4.69) is 6.92 Å². The summed E-state index contributed by atoms with van der Waals surface area (Å²) < 4.78 is 55.7. The lowest BCUT2D eigenvalue weighted by Gasteiger charge is -2.36. The van der Waals surface area contributed by atoms with Gasteiger partial charge in [-0.2, -0.15) is 0 Å². The van der Waals surface area contributed by atoms with Gasteiger partial charge in [0, 0.05) is 25.4 Å². The minimum absolute atomic E-state index is 0. The van der Waals surface area contributed by atoms with Crippen LogP contribution in [-0.2, 0) is 14.3 Å². The zero-order valence-electron chi connectivity index (χ0n) is 14.0. The zero-order valence-corrected chi connectivity index (χ0v) is 14.0. The molecule has 7 heteroatoms. The molecule has 0 bridgehead atoms. The number of benzene rings is 1. The molecule has 3 rings (SSSR count). The van der Waals surface area contributed by atoms with Gasteiger partial charge in [-0.15, -0.1) is 0 Å². The van der Waals surface area contributed by atoms with Gasteiger partial charge < -0.3 is 14.2 Å². The number of hydrogen-bond donors (Lipinski definition) is 0. The van der Waals surface area contributed by atoms with E-state index in [-0.39, 0.29) is 25.3 Å². The van der Waals surface area contributed by atoms with Crippen molar-refractivity contribution in [2.75, 3.05) is 13.2 Å². The van der Waals surface area contributed by atoms with Crippen molar-refractivity contribution >= 4 is 5.97 Å². The number of esters is 1. The molecule has 0 amide bonds. The second-order valence-corrected chi connectivity index (χ2v) is 6.87. The monoisotopic (exact) mass is 360 g/mol. The summed E-state index contributed by atoms with van der Waals surface area (Å²) in [5.74, 6) is -4.95. The van der Waals surface area contributed by atoms with Gasteiger partial charge in [-0.1, -0.05) is 6.92 Å². The normalized spacial score (nSPS) is 30.1. The van der Waals surface area contributed by atoms with Crippen molar-refractivity contribution in [3.8, 4) is 5.75 Å². The average Bonchev–Trinajstić information content (AvgIpc) is 2.60. The maximum atomic E-state index is 13.2. The molecule has 0 N–H and O–H groups in total. The third-order valence-electron chi connectivity index (χ3n) is 4.76. The first-order valence-electron chi connectivity index (χ1n) is 8.53. The molecule has 140 valence electrons. The standard InChI is InChI=1S/C18H21F3O4.H2/c1-10-8-23-18(24-9-10)12-4-2-11(3-5-12)17(22)25-13-6-14(19)16(21)15(20)7-13;/h6-7,10-12,18H,2-5,8-9H2,1H3;1H. The quantitative estimate of drug-likeness (QED) is 0.463. The predicted octanol–water partition coefficient (Wildman–Crippen LogP) is 4.07. The van der Waals surface area contributed by atoms with E-state index in [1.54, 1.807) is 0 Å². The molecule has 2 fully saturated rings. The van der Waals surface area contributed by atoms with Crippen LogP contribution in [0.3, 0.4) is 0 Å². The molecule has 1 saturated carbocycles. The van der Waals surface area contributed by atoms with Gasteiger partial charge in [0.25, 0.3) is 0 Å². The molecule has 1 aromatic rings. The SMILES string of the molecule is CC1COC(C2CCC(C(=O)Oc3cc(F)c(F)c(F)c3)CC2)OC1.[HH]. The molecule has 0 aromatic heterocycles. The van der Waals surface area contributed by atoms with E-state index in [9.17, 15) is 18.0 Å². The highest BCUT2D eigenvalue weighted by Gasteiger charge is 2.34. The Morgan fingerprint density at radius 1 is 1.08 bits per heavy atom. The molecule has 1 saturated heterocycles. The Labute approximate surface area is 145 Å². The van der Waals surface area contributed by atoms with E-state index in [4.69, 9.17) is 14.2 Å². The molecular formula is C18H23F3O4. The second-order valence-electron chi connectivity index (χ2n) is 6.87. The summed E-state index contributed by atoms with van der Waals surface area (Å²) in [6.45, 7) is 3.41. The van der Waals surface area contributed by atoms with Crippen LogP contribution in [0.15, 0.2) is 12.1 Å². The van der Waals surface area contributed by atoms with Crippen LogP contribution < -0.4 is 4.74 Å². The molecule has 0 spiro atoms. The molecule has 2 aliphatic rings. The lowest BCUT2D eigenvalue weighted by atomic mass is 9.81. The maximum absolute atomic E-state index is 13.2. The van der Waals surface area contributed by atoms with Crippen molar-refractivity contribution in [2.24, 2.45) is 17.8 Å². The number of halogens is 3. The number of carbonyl (C=O) groups is 1. The highest BCUT2D eigenvalue weighted by molar-refractivity contribution is 5.75. The van der Waals surface area contributed by atoms with E-state index in [1.807, 2.05) is 0 Å². The highest BCUT2D eigenvalue weighted by atomic mass is 19.2. The Balaban J connectivity index is 0.00000243. The number of ether oxygens (including phenoxy) is 3. The van der Waals surface area contributed by atoms with Gasteiger partial charge in [-0.3, -0.25) is 4.79 Å². The van der Waals surface area contributed by atoms with E-state index in [0.29, 0.717) is 44.1 Å². The van der Waals surface area contributed by atoms with Crippen molar-refractivity contribution in [1.29, 1.82) is 0 Å². The first kappa shape index (κ1) is 18.2. The van der Waals surface area contributed by atoms with Crippen LogP contribution >= 0.6 is 0 Å². The Bertz CT molecular complexity index is 604. The van der Waals surface area contributed by atoms with Gasteiger partial charge in [0.05, 0.1) is 19.1 Å². The van der Waals surface area contributed by atoms with Crippen molar-refractivity contribution in [2.45, 2.75) is 38.9 Å². The van der Waals surface area contributed by atoms with Crippen LogP contribution in [-0.4, -0.2) is 25.5 Å². The molecule has 0 atom stereocenters. The molecule has 25 heavy (non-hydrogen) atoms. The van der Waals surface area contributed by atoms with Crippen molar-refractivity contribution in [3.63, 3.8) is 0 Å². The van der Waals surface area contributed by atoms with Crippen molar-refractivity contribution in [1.82, 2.24) is 0 Å². The molecule has 1 aliphatic carbocycles. The smallest absolute Gasteiger partial charge is 0.314 e. The maximum Gasteiger partial charge on any atom is 0.314 e. The van der Waals surface area contributed by atoms with Crippen LogP contribution in [0.1, 0.15) is 34.0 Å². The minimum Gasteiger partial charge on any atom is -0.426 e. The topological polar surface area (TPSA) is 44.8 Å². The molecule has 0 radical (unpaired) electrons. The number of hydrogen-bond acceptors (Lipinski definition) is 4. The lowest BCUT2D eigenvalue weighted by molar-refractivity contribution is -0.227. The van der Waals surface area contributed by atoms with Gasteiger partial charge in [-0.05, 0) is 25.7 Å². The van der Waals surface area contributed by atoms with Gasteiger partial charge in [0.2, 0.25) is 0 Å². The third-order valence-corrected chi connectivity index (χ3v) is 4.76. The van der Waals surface area contributed by atoms with Crippen LogP contribution in [0.25, 0.3) is 0 Å². The number of carbonyl (C=O) groups excluding carboxylic acids is 1. The zero-order chi connectivity index (χ0) is 18.0. The van der Waals surface area contributed by atoms with Gasteiger partial charge >= 0.3 is 5.97 Å². The van der Waals surface area contributed by atoms with Crippen molar-refractivity contribution < 1.29 is 33.6 Å². The Morgan fingerprint density at radius 2 is 1.64 bits per heavy atom. The first-order chi connectivity index (χ1) is 11.9. The van der Waals surface area contributed by atoms with Gasteiger partial charge in [0.15, 0.2) is 23.7 Å². The first-order valence-corrected chi connectivity index (χ1v) is 8.53. The van der Waals surface area contributed by atoms with Crippen LogP contribution in [0.2, 0.25) is 0 Å². The average molecular weight is 360 g/mol. The predicted molar refractivity (Wildman–Crippen MR) is 84.4 cm³/mol. The van der Waals surface area contributed by atoms with E-state index in [1.165, 1.54) is 0 Å². The van der Waals surface area contributed by atoms with E-state index in [0.717, 1.165) is 12.8 Å². The lowest BCUT2D eigenvalue weighted by Crippen LogP contribution is -2.38. The van der Waals surface area contributed by atoms with E-state index < -0.39 is 23.4 Å². The second kappa shape index (κ2) is 7.74. The van der Waals surface area contributed by atoms with Gasteiger partial charge in [0.1, 0.15) is 5.75 Å². The summed E-state index contributed by atoms with van der Waals surface area (Å²) in [6.07, 6.45) is 2.46. The Morgan fingerprint density at radius 3 is 2.20 bits per heavy atom. The molecule has 4 nitrogen and oxygen atoms in total. The fraction of sp³-hybridized carbons (Fsp3) is 0.611. The molecule has 0 unspecified atom stereocenters. The summed E-state index contributed by atoms with van der Waals surface area (Å²) in [4.78, 5) is 12.2. The summed E-state index contributed by atoms with van der Waals surface area (Å²) in [7, 11) is 0. The summed E-state index contributed by atoms with van der Waals surface area (Å²) in [5, 5.41) is 0. The summed E-state index contributed by atoms with van der Waals surface area (Å²) in [5.41, 5.74) is 0. The Kier molecular flexibility index (Phi) is 5.64. The van der Waals surface area contributed by atoms with Crippen LogP contribution in [0, 0.1) is 35.2 Å². The minimum atomic E-state index is -1.58. The largest absolute Gasteiger partial charge is 0.426 e. The third kappa shape index (κ3) is 4.33. The Hall–Kier alpha value is -1.60. The highest BCUT2D eigenvalue weighted by Crippen LogP contribution is 2.34. The molecular weight excluding hydrogens is 337 g/mol. The molecule has 1 heterocycles.